The Labute approximate surface area is 137 Å². The molecule has 1 saturated heterocycles. The normalized spacial score (nSPS) is 18.8. The molecule has 0 radical (unpaired) electrons. The molecule has 0 bridgehead atoms. The Kier molecular flexibility index (Phi) is 6.40. The maximum absolute atomic E-state index is 12.0. The number of ether oxygens (including phenoxy) is 1. The third-order valence-corrected chi connectivity index (χ3v) is 3.78. The van der Waals surface area contributed by atoms with Crippen LogP contribution in [0.5, 0.6) is 5.75 Å². The van der Waals surface area contributed by atoms with E-state index >= 15 is 0 Å². The molecular formula is C17H25N3O3. The Morgan fingerprint density at radius 1 is 1.43 bits per heavy atom. The fourth-order valence-electron chi connectivity index (χ4n) is 2.53. The molecule has 1 heterocycles. The zero-order valence-corrected chi connectivity index (χ0v) is 13.5. The number of nitrogens with one attached hydrogen (secondary N) is 1. The molecule has 1 aromatic rings. The van der Waals surface area contributed by atoms with Crippen LogP contribution in [0, 0.1) is 0 Å². The smallest absolute Gasteiger partial charge is 0.224 e. The van der Waals surface area contributed by atoms with E-state index in [9.17, 15) is 9.59 Å². The molecule has 126 valence electrons. The van der Waals surface area contributed by atoms with E-state index in [0.29, 0.717) is 39.0 Å². The summed E-state index contributed by atoms with van der Waals surface area (Å²) in [6.07, 6.45) is 1.41. The lowest BCUT2D eigenvalue weighted by Gasteiger charge is -2.17. The van der Waals surface area contributed by atoms with E-state index in [1.807, 2.05) is 37.3 Å². The first-order chi connectivity index (χ1) is 11.0. The van der Waals surface area contributed by atoms with Crippen LogP contribution in [-0.2, 0) is 9.59 Å². The van der Waals surface area contributed by atoms with E-state index < -0.39 is 0 Å². The number of benzene rings is 1. The van der Waals surface area contributed by atoms with Gasteiger partial charge in [-0.3, -0.25) is 9.59 Å². The van der Waals surface area contributed by atoms with E-state index in [1.165, 1.54) is 0 Å². The molecule has 0 aromatic heterocycles. The molecule has 0 saturated carbocycles. The van der Waals surface area contributed by atoms with Gasteiger partial charge in [0.1, 0.15) is 12.4 Å². The number of para-hydroxylation sites is 1. The van der Waals surface area contributed by atoms with Crippen LogP contribution in [0.3, 0.4) is 0 Å². The molecule has 6 nitrogen and oxygen atoms in total. The number of carbonyl (C=O) groups is 2. The lowest BCUT2D eigenvalue weighted by Crippen LogP contribution is -2.38. The van der Waals surface area contributed by atoms with Gasteiger partial charge < -0.3 is 20.7 Å². The van der Waals surface area contributed by atoms with Crippen LogP contribution >= 0.6 is 0 Å². The average molecular weight is 319 g/mol. The highest BCUT2D eigenvalue weighted by atomic mass is 16.5. The van der Waals surface area contributed by atoms with Crippen molar-refractivity contribution < 1.29 is 14.3 Å². The molecule has 2 unspecified atom stereocenters. The summed E-state index contributed by atoms with van der Waals surface area (Å²) in [4.78, 5) is 25.5. The van der Waals surface area contributed by atoms with Gasteiger partial charge in [-0.15, -0.1) is 0 Å². The van der Waals surface area contributed by atoms with Crippen LogP contribution in [0.2, 0.25) is 0 Å². The zero-order chi connectivity index (χ0) is 16.7. The van der Waals surface area contributed by atoms with Gasteiger partial charge in [0.05, 0.1) is 12.6 Å². The molecule has 1 aliphatic heterocycles. The van der Waals surface area contributed by atoms with E-state index in [0.717, 1.165) is 5.75 Å². The van der Waals surface area contributed by atoms with Crippen LogP contribution in [-0.4, -0.2) is 48.5 Å². The Hall–Kier alpha value is -2.08. The summed E-state index contributed by atoms with van der Waals surface area (Å²) in [7, 11) is 0. The predicted molar refractivity (Wildman–Crippen MR) is 87.9 cm³/mol. The number of carbonyl (C=O) groups excluding carboxylic acids is 2. The van der Waals surface area contributed by atoms with Crippen molar-refractivity contribution in [3.63, 3.8) is 0 Å². The third kappa shape index (κ3) is 5.90. The first-order valence-electron chi connectivity index (χ1n) is 8.05. The number of likely N-dealkylation sites (tertiary alicyclic amines) is 1. The van der Waals surface area contributed by atoms with Crippen molar-refractivity contribution in [1.82, 2.24) is 10.2 Å². The van der Waals surface area contributed by atoms with Gasteiger partial charge in [-0.1, -0.05) is 18.2 Å². The summed E-state index contributed by atoms with van der Waals surface area (Å²) < 4.78 is 5.60. The monoisotopic (exact) mass is 319 g/mol. The minimum atomic E-state index is -0.111. The molecule has 0 spiro atoms. The summed E-state index contributed by atoms with van der Waals surface area (Å²) in [5.41, 5.74) is 5.64. The molecule has 1 aliphatic rings. The van der Waals surface area contributed by atoms with E-state index in [4.69, 9.17) is 10.5 Å². The van der Waals surface area contributed by atoms with Crippen LogP contribution in [0.25, 0.3) is 0 Å². The van der Waals surface area contributed by atoms with Gasteiger partial charge >= 0.3 is 0 Å². The molecule has 0 aliphatic carbocycles. The van der Waals surface area contributed by atoms with E-state index in [-0.39, 0.29) is 23.9 Å². The second-order valence-electron chi connectivity index (χ2n) is 5.99. The summed E-state index contributed by atoms with van der Waals surface area (Å²) in [6, 6.07) is 9.40. The zero-order valence-electron chi connectivity index (χ0n) is 13.5. The minimum Gasteiger partial charge on any atom is -0.492 e. The first kappa shape index (κ1) is 17.3. The van der Waals surface area contributed by atoms with Crippen molar-refractivity contribution in [3.05, 3.63) is 30.3 Å². The molecule has 2 amide bonds. The second-order valence-corrected chi connectivity index (χ2v) is 5.99. The van der Waals surface area contributed by atoms with Gasteiger partial charge in [-0.05, 0) is 25.5 Å². The lowest BCUT2D eigenvalue weighted by molar-refractivity contribution is -0.128. The van der Waals surface area contributed by atoms with Crippen LogP contribution in [0.4, 0.5) is 0 Å². The topological polar surface area (TPSA) is 84.7 Å². The van der Waals surface area contributed by atoms with Crippen LogP contribution in [0.1, 0.15) is 26.2 Å². The largest absolute Gasteiger partial charge is 0.492 e. The first-order valence-corrected chi connectivity index (χ1v) is 8.05. The third-order valence-electron chi connectivity index (χ3n) is 3.78. The maximum Gasteiger partial charge on any atom is 0.224 e. The Balaban J connectivity index is 1.69. The average Bonchev–Trinajstić information content (AvgIpc) is 2.86. The highest BCUT2D eigenvalue weighted by molar-refractivity contribution is 5.82. The van der Waals surface area contributed by atoms with Gasteiger partial charge in [0, 0.05) is 25.4 Å². The Morgan fingerprint density at radius 3 is 2.87 bits per heavy atom. The highest BCUT2D eigenvalue weighted by Crippen LogP contribution is 2.12. The van der Waals surface area contributed by atoms with Gasteiger partial charge in [0.25, 0.3) is 0 Å². The molecule has 2 rings (SSSR count). The second kappa shape index (κ2) is 8.53. The SMILES string of the molecule is CC(N)CCC(=O)NC1CC(=O)N(CCOc2ccccc2)C1. The van der Waals surface area contributed by atoms with Crippen LogP contribution < -0.4 is 15.8 Å². The molecule has 3 N–H and O–H groups in total. The molecule has 2 atom stereocenters. The van der Waals surface area contributed by atoms with E-state index in [1.54, 1.807) is 4.90 Å². The van der Waals surface area contributed by atoms with Crippen molar-refractivity contribution in [1.29, 1.82) is 0 Å². The van der Waals surface area contributed by atoms with Crippen molar-refractivity contribution >= 4 is 11.8 Å². The molecular weight excluding hydrogens is 294 g/mol. The van der Waals surface area contributed by atoms with Crippen molar-refractivity contribution in [2.45, 2.75) is 38.3 Å². The summed E-state index contributed by atoms with van der Waals surface area (Å²) >= 11 is 0. The summed E-state index contributed by atoms with van der Waals surface area (Å²) in [5.74, 6) is 0.807. The number of nitrogens with two attached hydrogens (primary N) is 1. The number of hydrogen-bond donors (Lipinski definition) is 2. The number of nitrogens with zero attached hydrogens (tertiary/aromatic N) is 1. The van der Waals surface area contributed by atoms with Gasteiger partial charge in [0.2, 0.25) is 11.8 Å². The number of rotatable bonds is 8. The standard InChI is InChI=1S/C17H25N3O3/c1-13(18)7-8-16(21)19-14-11-17(22)20(12-14)9-10-23-15-5-3-2-4-6-15/h2-6,13-14H,7-12,18H2,1H3,(H,19,21). The highest BCUT2D eigenvalue weighted by Gasteiger charge is 2.30. The van der Waals surface area contributed by atoms with Gasteiger partial charge in [-0.25, -0.2) is 0 Å². The van der Waals surface area contributed by atoms with E-state index in [2.05, 4.69) is 5.32 Å². The Bertz CT molecular complexity index is 519. The van der Waals surface area contributed by atoms with Gasteiger partial charge in [0.15, 0.2) is 0 Å². The fraction of sp³-hybridized carbons (Fsp3) is 0.529. The Morgan fingerprint density at radius 2 is 2.17 bits per heavy atom. The lowest BCUT2D eigenvalue weighted by atomic mass is 10.2. The van der Waals surface area contributed by atoms with Crippen LogP contribution in [0.15, 0.2) is 30.3 Å². The fourth-order valence-corrected chi connectivity index (χ4v) is 2.53. The van der Waals surface area contributed by atoms with Crippen molar-refractivity contribution in [2.24, 2.45) is 5.73 Å². The predicted octanol–water partition coefficient (Wildman–Crippen LogP) is 0.910. The van der Waals surface area contributed by atoms with Crippen molar-refractivity contribution in [2.75, 3.05) is 19.7 Å². The van der Waals surface area contributed by atoms with Gasteiger partial charge in [-0.2, -0.15) is 0 Å². The number of amides is 2. The number of hydrogen-bond acceptors (Lipinski definition) is 4. The minimum absolute atomic E-state index is 0.0117. The summed E-state index contributed by atoms with van der Waals surface area (Å²) in [5, 5.41) is 2.90. The quantitative estimate of drug-likeness (QED) is 0.746. The molecule has 1 aromatic carbocycles. The molecule has 1 fully saturated rings. The maximum atomic E-state index is 12.0. The molecule has 23 heavy (non-hydrogen) atoms. The van der Waals surface area contributed by atoms with Crippen molar-refractivity contribution in [3.8, 4) is 5.75 Å². The summed E-state index contributed by atoms with van der Waals surface area (Å²) in [6.45, 7) is 3.39. The molecule has 6 heteroatoms.